The van der Waals surface area contributed by atoms with Gasteiger partial charge in [-0.25, -0.2) is 8.42 Å². The molecule has 2 aromatic rings. The molecule has 1 aromatic heterocycles. The highest BCUT2D eigenvalue weighted by atomic mass is 32.2. The van der Waals surface area contributed by atoms with Gasteiger partial charge in [0.2, 0.25) is 10.0 Å². The zero-order chi connectivity index (χ0) is 17.6. The fraction of sp³-hybridized carbons (Fsp3) is 0.312. The van der Waals surface area contributed by atoms with Crippen molar-refractivity contribution in [3.05, 3.63) is 47.7 Å². The molecule has 0 fully saturated rings. The van der Waals surface area contributed by atoms with Crippen molar-refractivity contribution in [1.29, 1.82) is 5.26 Å². The molecule has 0 radical (unpaired) electrons. The molecule has 0 saturated heterocycles. The van der Waals surface area contributed by atoms with Gasteiger partial charge in [0.15, 0.2) is 5.69 Å². The number of sulfonamides is 1. The predicted molar refractivity (Wildman–Crippen MR) is 90.6 cm³/mol. The highest BCUT2D eigenvalue weighted by Crippen LogP contribution is 2.16. The van der Waals surface area contributed by atoms with E-state index < -0.39 is 10.0 Å². The number of rotatable bonds is 7. The van der Waals surface area contributed by atoms with E-state index in [9.17, 15) is 8.42 Å². The second kappa shape index (κ2) is 7.86. The lowest BCUT2D eigenvalue weighted by atomic mass is 10.2. The van der Waals surface area contributed by atoms with Crippen LogP contribution in [0.25, 0.3) is 0 Å². The van der Waals surface area contributed by atoms with Crippen molar-refractivity contribution in [3.8, 4) is 6.07 Å². The topological polar surface area (TPSA) is 99.0 Å². The normalized spacial score (nSPS) is 11.2. The molecule has 0 aliphatic rings. The molecular formula is C16H19N5O2S. The Hall–Kier alpha value is -2.50. The summed E-state index contributed by atoms with van der Waals surface area (Å²) in [7, 11) is -3.43. The minimum absolute atomic E-state index is 0.256. The van der Waals surface area contributed by atoms with Crippen LogP contribution in [0.5, 0.6) is 0 Å². The summed E-state index contributed by atoms with van der Waals surface area (Å²) in [5.74, 6) is 0.550. The van der Waals surface area contributed by atoms with Gasteiger partial charge >= 0.3 is 0 Å². The van der Waals surface area contributed by atoms with Crippen LogP contribution in [0.4, 0.5) is 5.82 Å². The van der Waals surface area contributed by atoms with Crippen LogP contribution in [-0.4, -0.2) is 36.0 Å². The van der Waals surface area contributed by atoms with Gasteiger partial charge in [-0.2, -0.15) is 9.57 Å². The first-order valence-corrected chi connectivity index (χ1v) is 9.02. The lowest BCUT2D eigenvalue weighted by Crippen LogP contribution is -2.30. The fourth-order valence-corrected chi connectivity index (χ4v) is 3.63. The van der Waals surface area contributed by atoms with E-state index in [1.165, 1.54) is 4.31 Å². The molecule has 0 atom stereocenters. The molecule has 7 nitrogen and oxygen atoms in total. The Kier molecular flexibility index (Phi) is 5.84. The number of benzene rings is 1. The molecule has 1 heterocycles. The number of aromatic nitrogens is 2. The molecule has 8 heteroatoms. The van der Waals surface area contributed by atoms with Crippen molar-refractivity contribution in [2.45, 2.75) is 25.3 Å². The molecule has 2 rings (SSSR count). The van der Waals surface area contributed by atoms with Gasteiger partial charge in [-0.3, -0.25) is 0 Å². The number of nitriles is 1. The van der Waals surface area contributed by atoms with Crippen molar-refractivity contribution >= 4 is 15.8 Å². The molecule has 0 bridgehead atoms. The van der Waals surface area contributed by atoms with Crippen LogP contribution in [0, 0.1) is 11.3 Å². The first-order chi connectivity index (χ1) is 11.5. The Morgan fingerprint density at radius 3 is 2.25 bits per heavy atom. The smallest absolute Gasteiger partial charge is 0.243 e. The second-order valence-corrected chi connectivity index (χ2v) is 6.94. The van der Waals surface area contributed by atoms with Crippen LogP contribution in [0.2, 0.25) is 0 Å². The largest absolute Gasteiger partial charge is 0.365 e. The van der Waals surface area contributed by atoms with E-state index in [0.717, 1.165) is 5.56 Å². The van der Waals surface area contributed by atoms with Crippen LogP contribution in [0.15, 0.2) is 41.3 Å². The van der Waals surface area contributed by atoms with E-state index in [4.69, 9.17) is 5.26 Å². The van der Waals surface area contributed by atoms with Gasteiger partial charge in [-0.1, -0.05) is 26.0 Å². The SMILES string of the molecule is CCN(CC)S(=O)(=O)c1ccc(CNc2ccc(C#N)nn2)cc1. The number of nitrogens with one attached hydrogen (secondary N) is 1. The first-order valence-electron chi connectivity index (χ1n) is 7.58. The van der Waals surface area contributed by atoms with Crippen molar-refractivity contribution in [2.75, 3.05) is 18.4 Å². The monoisotopic (exact) mass is 345 g/mol. The summed E-state index contributed by atoms with van der Waals surface area (Å²) in [6.45, 7) is 5.00. The maximum atomic E-state index is 12.4. The fourth-order valence-electron chi connectivity index (χ4n) is 2.17. The Morgan fingerprint density at radius 1 is 1.08 bits per heavy atom. The Balaban J connectivity index is 2.05. The van der Waals surface area contributed by atoms with Gasteiger partial charge in [0.25, 0.3) is 0 Å². The minimum Gasteiger partial charge on any atom is -0.365 e. The molecule has 0 saturated carbocycles. The van der Waals surface area contributed by atoms with Gasteiger partial charge in [0.05, 0.1) is 4.90 Å². The van der Waals surface area contributed by atoms with Crippen molar-refractivity contribution in [3.63, 3.8) is 0 Å². The third-order valence-electron chi connectivity index (χ3n) is 3.52. The van der Waals surface area contributed by atoms with E-state index in [1.54, 1.807) is 36.4 Å². The van der Waals surface area contributed by atoms with E-state index in [0.29, 0.717) is 25.5 Å². The zero-order valence-corrected chi connectivity index (χ0v) is 14.4. The molecule has 0 unspecified atom stereocenters. The third-order valence-corrected chi connectivity index (χ3v) is 5.58. The van der Waals surface area contributed by atoms with E-state index >= 15 is 0 Å². The summed E-state index contributed by atoms with van der Waals surface area (Å²) in [5, 5.41) is 19.4. The summed E-state index contributed by atoms with van der Waals surface area (Å²) in [5.41, 5.74) is 1.17. The number of anilines is 1. The van der Waals surface area contributed by atoms with Crippen LogP contribution >= 0.6 is 0 Å². The highest BCUT2D eigenvalue weighted by Gasteiger charge is 2.20. The number of hydrogen-bond donors (Lipinski definition) is 1. The van der Waals surface area contributed by atoms with Gasteiger partial charge in [-0.05, 0) is 29.8 Å². The van der Waals surface area contributed by atoms with Crippen molar-refractivity contribution < 1.29 is 8.42 Å². The molecule has 0 aliphatic heterocycles. The van der Waals surface area contributed by atoms with Crippen LogP contribution in [-0.2, 0) is 16.6 Å². The first kappa shape index (κ1) is 17.8. The average Bonchev–Trinajstić information content (AvgIpc) is 2.61. The van der Waals surface area contributed by atoms with E-state index in [-0.39, 0.29) is 10.6 Å². The zero-order valence-electron chi connectivity index (χ0n) is 13.6. The average molecular weight is 345 g/mol. The Labute approximate surface area is 142 Å². The maximum absolute atomic E-state index is 12.4. The highest BCUT2D eigenvalue weighted by molar-refractivity contribution is 7.89. The molecule has 0 aliphatic carbocycles. The summed E-state index contributed by atoms with van der Waals surface area (Å²) >= 11 is 0. The van der Waals surface area contributed by atoms with Gasteiger partial charge < -0.3 is 5.32 Å². The van der Waals surface area contributed by atoms with Crippen LogP contribution in [0.3, 0.4) is 0 Å². The maximum Gasteiger partial charge on any atom is 0.243 e. The molecule has 0 spiro atoms. The van der Waals surface area contributed by atoms with Gasteiger partial charge in [0, 0.05) is 19.6 Å². The number of hydrogen-bond acceptors (Lipinski definition) is 6. The quantitative estimate of drug-likeness (QED) is 0.824. The van der Waals surface area contributed by atoms with Crippen LogP contribution in [0.1, 0.15) is 25.1 Å². The lowest BCUT2D eigenvalue weighted by molar-refractivity contribution is 0.445. The minimum atomic E-state index is -3.43. The molecule has 126 valence electrons. The number of nitrogens with zero attached hydrogens (tertiary/aromatic N) is 4. The summed E-state index contributed by atoms with van der Waals surface area (Å²) in [6, 6.07) is 11.9. The Bertz CT molecular complexity index is 807. The predicted octanol–water partition coefficient (Wildman–Crippen LogP) is 1.99. The Morgan fingerprint density at radius 2 is 1.75 bits per heavy atom. The molecular weight excluding hydrogens is 326 g/mol. The van der Waals surface area contributed by atoms with E-state index in [1.807, 2.05) is 19.9 Å². The summed E-state index contributed by atoms with van der Waals surface area (Å²) < 4.78 is 26.2. The lowest BCUT2D eigenvalue weighted by Gasteiger charge is -2.18. The second-order valence-electron chi connectivity index (χ2n) is 5.00. The third kappa shape index (κ3) is 4.07. The molecule has 1 aromatic carbocycles. The standard InChI is InChI=1S/C16H19N5O2S/c1-3-21(4-2)24(22,23)15-8-5-13(6-9-15)12-18-16-10-7-14(11-17)19-20-16/h5-10H,3-4,12H2,1-2H3,(H,18,20). The van der Waals surface area contributed by atoms with Crippen molar-refractivity contribution in [2.24, 2.45) is 0 Å². The summed E-state index contributed by atoms with van der Waals surface area (Å²) in [6.07, 6.45) is 0. The molecule has 1 N–H and O–H groups in total. The van der Waals surface area contributed by atoms with Crippen LogP contribution < -0.4 is 5.32 Å². The van der Waals surface area contributed by atoms with Gasteiger partial charge in [-0.15, -0.1) is 10.2 Å². The van der Waals surface area contributed by atoms with Gasteiger partial charge in [0.1, 0.15) is 11.9 Å². The van der Waals surface area contributed by atoms with E-state index in [2.05, 4.69) is 15.5 Å². The molecule has 0 amide bonds. The molecule has 24 heavy (non-hydrogen) atoms. The summed E-state index contributed by atoms with van der Waals surface area (Å²) in [4.78, 5) is 0.285. The van der Waals surface area contributed by atoms with Crippen molar-refractivity contribution in [1.82, 2.24) is 14.5 Å².